The second-order valence-corrected chi connectivity index (χ2v) is 5.51. The molecule has 1 nitrogen and oxygen atoms in total. The van der Waals surface area contributed by atoms with Crippen molar-refractivity contribution >= 4 is 0 Å². The molecular formula is C17H15F3O. The molecule has 110 valence electrons. The number of halogens is 3. The van der Waals surface area contributed by atoms with E-state index in [1.54, 1.807) is 0 Å². The number of rotatable bonds is 3. The molecule has 1 unspecified atom stereocenters. The molecule has 0 amide bonds. The molecule has 1 saturated carbocycles. The minimum Gasteiger partial charge on any atom is -0.387 e. The third-order valence-electron chi connectivity index (χ3n) is 4.22. The molecule has 0 heterocycles. The van der Waals surface area contributed by atoms with Crippen molar-refractivity contribution in [1.82, 2.24) is 0 Å². The summed E-state index contributed by atoms with van der Waals surface area (Å²) in [6.07, 6.45) is -4.20. The van der Waals surface area contributed by atoms with E-state index in [0.717, 1.165) is 11.6 Å². The van der Waals surface area contributed by atoms with Gasteiger partial charge in [-0.25, -0.2) is 0 Å². The van der Waals surface area contributed by atoms with Gasteiger partial charge in [0.25, 0.3) is 0 Å². The molecule has 3 rings (SSSR count). The van der Waals surface area contributed by atoms with Gasteiger partial charge >= 0.3 is 6.18 Å². The van der Waals surface area contributed by atoms with Crippen molar-refractivity contribution in [1.29, 1.82) is 0 Å². The van der Waals surface area contributed by atoms with Crippen LogP contribution >= 0.6 is 0 Å². The minimum absolute atomic E-state index is 0.0358. The molecule has 1 aliphatic carbocycles. The van der Waals surface area contributed by atoms with Gasteiger partial charge < -0.3 is 5.11 Å². The van der Waals surface area contributed by atoms with Crippen molar-refractivity contribution in [3.8, 4) is 0 Å². The Balaban J connectivity index is 2.03. The van der Waals surface area contributed by atoms with Crippen LogP contribution in [0.5, 0.6) is 0 Å². The summed E-state index contributed by atoms with van der Waals surface area (Å²) in [6, 6.07) is 14.6. The third kappa shape index (κ3) is 2.44. The zero-order chi connectivity index (χ0) is 15.1. The lowest BCUT2D eigenvalue weighted by atomic mass is 9.84. The fourth-order valence-electron chi connectivity index (χ4n) is 2.92. The van der Waals surface area contributed by atoms with Crippen LogP contribution in [0.2, 0.25) is 0 Å². The quantitative estimate of drug-likeness (QED) is 0.885. The molecule has 1 fully saturated rings. The number of alkyl halides is 3. The van der Waals surface area contributed by atoms with E-state index >= 15 is 0 Å². The Hall–Kier alpha value is -1.81. The largest absolute Gasteiger partial charge is 0.416 e. The second kappa shape index (κ2) is 4.88. The topological polar surface area (TPSA) is 20.2 Å². The lowest BCUT2D eigenvalue weighted by molar-refractivity contribution is -0.139. The van der Waals surface area contributed by atoms with Crippen LogP contribution in [0.15, 0.2) is 54.6 Å². The Morgan fingerprint density at radius 1 is 0.905 bits per heavy atom. The molecule has 0 aliphatic heterocycles. The van der Waals surface area contributed by atoms with Crippen LogP contribution in [-0.4, -0.2) is 5.11 Å². The monoisotopic (exact) mass is 292 g/mol. The van der Waals surface area contributed by atoms with Gasteiger partial charge in [0.1, 0.15) is 0 Å². The molecule has 1 atom stereocenters. The van der Waals surface area contributed by atoms with E-state index in [2.05, 4.69) is 0 Å². The first-order valence-corrected chi connectivity index (χ1v) is 6.85. The highest BCUT2D eigenvalue weighted by molar-refractivity contribution is 5.41. The molecule has 1 N–H and O–H groups in total. The standard InChI is InChI=1S/C17H15F3O/c18-17(19,20)14-9-5-4-8-13(14)15(21)16(10-11-16)12-6-2-1-3-7-12/h1-9,15,21H,10-11H2. The molecule has 4 heteroatoms. The van der Waals surface area contributed by atoms with Crippen molar-refractivity contribution in [2.45, 2.75) is 30.5 Å². The summed E-state index contributed by atoms with van der Waals surface area (Å²) >= 11 is 0. The molecule has 1 aliphatic rings. The van der Waals surface area contributed by atoms with E-state index < -0.39 is 23.3 Å². The van der Waals surface area contributed by atoms with Gasteiger partial charge in [0, 0.05) is 5.41 Å². The Kier molecular flexibility index (Phi) is 3.29. The fraction of sp³-hybridized carbons (Fsp3) is 0.294. The second-order valence-electron chi connectivity index (χ2n) is 5.51. The summed E-state index contributed by atoms with van der Waals surface area (Å²) in [5.74, 6) is 0. The summed E-state index contributed by atoms with van der Waals surface area (Å²) < 4.78 is 39.3. The van der Waals surface area contributed by atoms with Gasteiger partial charge in [-0.1, -0.05) is 48.5 Å². The van der Waals surface area contributed by atoms with Crippen LogP contribution in [0.1, 0.15) is 35.6 Å². The predicted octanol–water partition coefficient (Wildman–Crippen LogP) is 4.47. The fourth-order valence-corrected chi connectivity index (χ4v) is 2.92. The Bertz CT molecular complexity index is 630. The molecule has 0 aromatic heterocycles. The summed E-state index contributed by atoms with van der Waals surface area (Å²) in [5.41, 5.74) is -0.469. The third-order valence-corrected chi connectivity index (χ3v) is 4.22. The molecule has 2 aromatic carbocycles. The first kappa shape index (κ1) is 14.1. The SMILES string of the molecule is OC(c1ccccc1C(F)(F)F)C1(c2ccccc2)CC1. The van der Waals surface area contributed by atoms with Crippen LogP contribution in [0.4, 0.5) is 13.2 Å². The average Bonchev–Trinajstić information content (AvgIpc) is 3.28. The first-order chi connectivity index (χ1) is 9.95. The van der Waals surface area contributed by atoms with Gasteiger partial charge in [-0.2, -0.15) is 13.2 Å². The number of hydrogen-bond donors (Lipinski definition) is 1. The summed E-state index contributed by atoms with van der Waals surface area (Å²) in [4.78, 5) is 0. The summed E-state index contributed by atoms with van der Waals surface area (Å²) in [7, 11) is 0. The highest BCUT2D eigenvalue weighted by Gasteiger charge is 2.52. The Morgan fingerprint density at radius 2 is 1.48 bits per heavy atom. The van der Waals surface area contributed by atoms with Gasteiger partial charge in [0.15, 0.2) is 0 Å². The lowest BCUT2D eigenvalue weighted by Gasteiger charge is -2.25. The molecular weight excluding hydrogens is 277 g/mol. The number of aliphatic hydroxyl groups excluding tert-OH is 1. The smallest absolute Gasteiger partial charge is 0.387 e. The van der Waals surface area contributed by atoms with Gasteiger partial charge in [-0.05, 0) is 30.0 Å². The van der Waals surface area contributed by atoms with Crippen LogP contribution in [0.25, 0.3) is 0 Å². The van der Waals surface area contributed by atoms with E-state index in [0.29, 0.717) is 12.8 Å². The normalized spacial score (nSPS) is 18.3. The van der Waals surface area contributed by atoms with E-state index in [1.807, 2.05) is 30.3 Å². The Morgan fingerprint density at radius 3 is 2.05 bits per heavy atom. The zero-order valence-electron chi connectivity index (χ0n) is 11.3. The van der Waals surface area contributed by atoms with Gasteiger partial charge in [-0.3, -0.25) is 0 Å². The lowest BCUT2D eigenvalue weighted by Crippen LogP contribution is -2.22. The molecule has 0 bridgehead atoms. The molecule has 0 saturated heterocycles. The number of benzene rings is 2. The van der Waals surface area contributed by atoms with E-state index in [1.165, 1.54) is 18.2 Å². The maximum Gasteiger partial charge on any atom is 0.416 e. The van der Waals surface area contributed by atoms with Crippen LogP contribution in [-0.2, 0) is 11.6 Å². The van der Waals surface area contributed by atoms with E-state index in [9.17, 15) is 18.3 Å². The van der Waals surface area contributed by atoms with Crippen LogP contribution in [0.3, 0.4) is 0 Å². The first-order valence-electron chi connectivity index (χ1n) is 6.85. The summed E-state index contributed by atoms with van der Waals surface area (Å²) in [6.45, 7) is 0. The van der Waals surface area contributed by atoms with Gasteiger partial charge in [0.2, 0.25) is 0 Å². The van der Waals surface area contributed by atoms with Crippen molar-refractivity contribution in [3.05, 3.63) is 71.3 Å². The Labute approximate surface area is 121 Å². The average molecular weight is 292 g/mol. The number of aliphatic hydroxyl groups is 1. The summed E-state index contributed by atoms with van der Waals surface area (Å²) in [5, 5.41) is 10.6. The van der Waals surface area contributed by atoms with Gasteiger partial charge in [-0.15, -0.1) is 0 Å². The van der Waals surface area contributed by atoms with E-state index in [-0.39, 0.29) is 5.56 Å². The van der Waals surface area contributed by atoms with Gasteiger partial charge in [0.05, 0.1) is 11.7 Å². The van der Waals surface area contributed by atoms with Crippen molar-refractivity contribution in [2.24, 2.45) is 0 Å². The molecule has 0 radical (unpaired) electrons. The van der Waals surface area contributed by atoms with Crippen molar-refractivity contribution < 1.29 is 18.3 Å². The van der Waals surface area contributed by atoms with Crippen molar-refractivity contribution in [2.75, 3.05) is 0 Å². The maximum absolute atomic E-state index is 13.1. The highest BCUT2D eigenvalue weighted by Crippen LogP contribution is 2.57. The molecule has 2 aromatic rings. The molecule has 21 heavy (non-hydrogen) atoms. The maximum atomic E-state index is 13.1. The van der Waals surface area contributed by atoms with Crippen LogP contribution < -0.4 is 0 Å². The van der Waals surface area contributed by atoms with E-state index in [4.69, 9.17) is 0 Å². The van der Waals surface area contributed by atoms with Crippen LogP contribution in [0, 0.1) is 0 Å². The zero-order valence-corrected chi connectivity index (χ0v) is 11.3. The highest BCUT2D eigenvalue weighted by atomic mass is 19.4. The number of hydrogen-bond acceptors (Lipinski definition) is 1. The minimum atomic E-state index is -4.45. The van der Waals surface area contributed by atoms with Crippen molar-refractivity contribution in [3.63, 3.8) is 0 Å². The predicted molar refractivity (Wildman–Crippen MR) is 73.8 cm³/mol. The molecule has 0 spiro atoms.